The summed E-state index contributed by atoms with van der Waals surface area (Å²) in [4.78, 5) is 0. The van der Waals surface area contributed by atoms with Crippen LogP contribution in [0.3, 0.4) is 0 Å². The van der Waals surface area contributed by atoms with Crippen molar-refractivity contribution in [3.05, 3.63) is 34.6 Å². The first-order chi connectivity index (χ1) is 7.01. The van der Waals surface area contributed by atoms with E-state index < -0.39 is 5.60 Å². The lowest BCUT2D eigenvalue weighted by molar-refractivity contribution is 0.0406. The van der Waals surface area contributed by atoms with Crippen LogP contribution in [0.15, 0.2) is 18.2 Å². The summed E-state index contributed by atoms with van der Waals surface area (Å²) in [6.45, 7) is 2.09. The van der Waals surface area contributed by atoms with Gasteiger partial charge in [0.25, 0.3) is 0 Å². The van der Waals surface area contributed by atoms with Crippen LogP contribution in [0.4, 0.5) is 4.39 Å². The van der Waals surface area contributed by atoms with Crippen molar-refractivity contribution in [3.8, 4) is 0 Å². The van der Waals surface area contributed by atoms with Crippen LogP contribution in [0.2, 0.25) is 5.02 Å². The Hall–Kier alpha value is -0.600. The number of rotatable bonds is 1. The SMILES string of the molecule is CC1CCC(O)(c2cc(F)ccc2Cl)C1. The van der Waals surface area contributed by atoms with Gasteiger partial charge in [-0.3, -0.25) is 0 Å². The van der Waals surface area contributed by atoms with Crippen LogP contribution in [0.1, 0.15) is 31.7 Å². The van der Waals surface area contributed by atoms with Gasteiger partial charge in [-0.15, -0.1) is 0 Å². The van der Waals surface area contributed by atoms with Crippen molar-refractivity contribution < 1.29 is 9.50 Å². The average Bonchev–Trinajstić information content (AvgIpc) is 2.52. The van der Waals surface area contributed by atoms with Crippen LogP contribution in [0.25, 0.3) is 0 Å². The molecule has 0 aromatic heterocycles. The molecule has 0 bridgehead atoms. The smallest absolute Gasteiger partial charge is 0.123 e. The van der Waals surface area contributed by atoms with Gasteiger partial charge in [0, 0.05) is 10.6 Å². The maximum absolute atomic E-state index is 13.1. The minimum Gasteiger partial charge on any atom is -0.385 e. The van der Waals surface area contributed by atoms with Gasteiger partial charge in [-0.1, -0.05) is 18.5 Å². The molecule has 15 heavy (non-hydrogen) atoms. The molecule has 0 amide bonds. The summed E-state index contributed by atoms with van der Waals surface area (Å²) >= 11 is 5.99. The fraction of sp³-hybridized carbons (Fsp3) is 0.500. The summed E-state index contributed by atoms with van der Waals surface area (Å²) in [7, 11) is 0. The van der Waals surface area contributed by atoms with E-state index in [9.17, 15) is 9.50 Å². The first kappa shape index (κ1) is 10.9. The zero-order chi connectivity index (χ0) is 11.1. The molecule has 1 aliphatic rings. The highest BCUT2D eigenvalue weighted by Gasteiger charge is 2.38. The summed E-state index contributed by atoms with van der Waals surface area (Å²) < 4.78 is 13.1. The highest BCUT2D eigenvalue weighted by Crippen LogP contribution is 2.44. The van der Waals surface area contributed by atoms with Crippen LogP contribution < -0.4 is 0 Å². The molecular weight excluding hydrogens is 215 g/mol. The topological polar surface area (TPSA) is 20.2 Å². The van der Waals surface area contributed by atoms with Gasteiger partial charge in [-0.05, 0) is 43.4 Å². The van der Waals surface area contributed by atoms with Crippen molar-refractivity contribution in [2.45, 2.75) is 31.8 Å². The van der Waals surface area contributed by atoms with E-state index >= 15 is 0 Å². The third kappa shape index (κ3) is 2.01. The summed E-state index contributed by atoms with van der Waals surface area (Å²) in [5, 5.41) is 10.8. The minimum atomic E-state index is -0.932. The monoisotopic (exact) mass is 228 g/mol. The summed E-state index contributed by atoms with van der Waals surface area (Å²) in [6, 6.07) is 4.17. The molecule has 0 spiro atoms. The molecule has 2 rings (SSSR count). The first-order valence-corrected chi connectivity index (χ1v) is 5.57. The van der Waals surface area contributed by atoms with Crippen LogP contribution >= 0.6 is 11.6 Å². The van der Waals surface area contributed by atoms with Gasteiger partial charge in [0.1, 0.15) is 5.82 Å². The zero-order valence-electron chi connectivity index (χ0n) is 8.63. The van der Waals surface area contributed by atoms with E-state index in [1.165, 1.54) is 18.2 Å². The van der Waals surface area contributed by atoms with Gasteiger partial charge in [0.05, 0.1) is 5.60 Å². The van der Waals surface area contributed by atoms with Crippen LogP contribution in [-0.2, 0) is 5.60 Å². The molecule has 0 heterocycles. The maximum atomic E-state index is 13.1. The molecular formula is C12H14ClFO. The van der Waals surface area contributed by atoms with Crippen LogP contribution in [-0.4, -0.2) is 5.11 Å². The molecule has 1 fully saturated rings. The number of benzene rings is 1. The van der Waals surface area contributed by atoms with Crippen molar-refractivity contribution in [1.82, 2.24) is 0 Å². The molecule has 1 aromatic rings. The number of aliphatic hydroxyl groups is 1. The van der Waals surface area contributed by atoms with Gasteiger partial charge < -0.3 is 5.11 Å². The van der Waals surface area contributed by atoms with E-state index in [1.807, 2.05) is 0 Å². The molecule has 3 heteroatoms. The molecule has 1 saturated carbocycles. The molecule has 1 aromatic carbocycles. The van der Waals surface area contributed by atoms with Crippen molar-refractivity contribution >= 4 is 11.6 Å². The summed E-state index contributed by atoms with van der Waals surface area (Å²) in [5.74, 6) is 0.122. The Morgan fingerprint density at radius 3 is 2.87 bits per heavy atom. The highest BCUT2D eigenvalue weighted by atomic mass is 35.5. The van der Waals surface area contributed by atoms with Gasteiger partial charge in [-0.25, -0.2) is 4.39 Å². The highest BCUT2D eigenvalue weighted by molar-refractivity contribution is 6.31. The van der Waals surface area contributed by atoms with Crippen molar-refractivity contribution in [2.24, 2.45) is 5.92 Å². The fourth-order valence-corrected chi connectivity index (χ4v) is 2.66. The van der Waals surface area contributed by atoms with E-state index in [1.54, 1.807) is 0 Å². The van der Waals surface area contributed by atoms with E-state index in [0.29, 0.717) is 29.3 Å². The van der Waals surface area contributed by atoms with Gasteiger partial charge >= 0.3 is 0 Å². The van der Waals surface area contributed by atoms with Gasteiger partial charge in [-0.2, -0.15) is 0 Å². The predicted octanol–water partition coefficient (Wildman–Crippen LogP) is 3.49. The van der Waals surface area contributed by atoms with Crippen molar-refractivity contribution in [1.29, 1.82) is 0 Å². The largest absolute Gasteiger partial charge is 0.385 e. The molecule has 1 nitrogen and oxygen atoms in total. The minimum absolute atomic E-state index is 0.345. The van der Waals surface area contributed by atoms with Crippen molar-refractivity contribution in [2.75, 3.05) is 0 Å². The molecule has 0 saturated heterocycles. The summed E-state index contributed by atoms with van der Waals surface area (Å²) in [5.41, 5.74) is -0.396. The molecule has 82 valence electrons. The molecule has 0 radical (unpaired) electrons. The second kappa shape index (κ2) is 3.76. The molecule has 1 aliphatic carbocycles. The fourth-order valence-electron chi connectivity index (χ4n) is 2.36. The molecule has 1 N–H and O–H groups in total. The maximum Gasteiger partial charge on any atom is 0.123 e. The number of hydrogen-bond acceptors (Lipinski definition) is 1. The predicted molar refractivity (Wildman–Crippen MR) is 58.3 cm³/mol. The number of halogens is 2. The Bertz CT molecular complexity index is 380. The van der Waals surface area contributed by atoms with Gasteiger partial charge in [0.15, 0.2) is 0 Å². The van der Waals surface area contributed by atoms with E-state index in [2.05, 4.69) is 6.92 Å². The lowest BCUT2D eigenvalue weighted by Crippen LogP contribution is -2.22. The summed E-state index contributed by atoms with van der Waals surface area (Å²) in [6.07, 6.45) is 2.29. The Labute approximate surface area is 93.9 Å². The Kier molecular flexibility index (Phi) is 2.73. The second-order valence-electron chi connectivity index (χ2n) is 4.50. The lowest BCUT2D eigenvalue weighted by Gasteiger charge is -2.24. The molecule has 2 unspecified atom stereocenters. The first-order valence-electron chi connectivity index (χ1n) is 5.19. The zero-order valence-corrected chi connectivity index (χ0v) is 9.39. The molecule has 2 atom stereocenters. The van der Waals surface area contributed by atoms with Crippen molar-refractivity contribution in [3.63, 3.8) is 0 Å². The average molecular weight is 229 g/mol. The third-order valence-corrected chi connectivity index (χ3v) is 3.50. The van der Waals surface area contributed by atoms with Crippen LogP contribution in [0.5, 0.6) is 0 Å². The normalized spacial score (nSPS) is 30.8. The Morgan fingerprint density at radius 1 is 1.53 bits per heavy atom. The Morgan fingerprint density at radius 2 is 2.27 bits per heavy atom. The quantitative estimate of drug-likeness (QED) is 0.780. The van der Waals surface area contributed by atoms with E-state index in [4.69, 9.17) is 11.6 Å². The van der Waals surface area contributed by atoms with Gasteiger partial charge in [0.2, 0.25) is 0 Å². The Balaban J connectivity index is 2.40. The van der Waals surface area contributed by atoms with E-state index in [-0.39, 0.29) is 5.82 Å². The van der Waals surface area contributed by atoms with E-state index in [0.717, 1.165) is 6.42 Å². The standard InChI is InChI=1S/C12H14ClFO/c1-8-4-5-12(15,7-8)10-6-9(14)2-3-11(10)13/h2-3,6,8,15H,4-5,7H2,1H3. The third-order valence-electron chi connectivity index (χ3n) is 3.17. The number of hydrogen-bond donors (Lipinski definition) is 1. The van der Waals surface area contributed by atoms with Crippen LogP contribution in [0, 0.1) is 11.7 Å². The lowest BCUT2D eigenvalue weighted by atomic mass is 9.91. The molecule has 0 aliphatic heterocycles. The second-order valence-corrected chi connectivity index (χ2v) is 4.91.